The molecule has 1 fully saturated rings. The predicted molar refractivity (Wildman–Crippen MR) is 120 cm³/mol. The molecule has 1 aliphatic heterocycles. The number of furan rings is 1. The zero-order chi connectivity index (χ0) is 22.3. The van der Waals surface area contributed by atoms with Crippen LogP contribution in [0.15, 0.2) is 32.0 Å². The summed E-state index contributed by atoms with van der Waals surface area (Å²) in [6.45, 7) is 11.7. The van der Waals surface area contributed by atoms with Gasteiger partial charge in [0.25, 0.3) is 0 Å². The normalized spacial score (nSPS) is 15.8. The summed E-state index contributed by atoms with van der Waals surface area (Å²) < 4.78 is 11.3. The molecule has 1 N–H and O–H groups in total. The van der Waals surface area contributed by atoms with Crippen LogP contribution in [0.3, 0.4) is 0 Å². The fourth-order valence-corrected chi connectivity index (χ4v) is 4.32. The lowest BCUT2D eigenvalue weighted by Crippen LogP contribution is -2.49. The van der Waals surface area contributed by atoms with Gasteiger partial charge in [0.2, 0.25) is 5.91 Å². The van der Waals surface area contributed by atoms with Crippen molar-refractivity contribution in [3.63, 3.8) is 0 Å². The molecule has 0 atom stereocenters. The van der Waals surface area contributed by atoms with E-state index in [1.165, 1.54) is 0 Å². The summed E-state index contributed by atoms with van der Waals surface area (Å²) in [7, 11) is 0. The van der Waals surface area contributed by atoms with Crippen LogP contribution in [0.1, 0.15) is 37.5 Å². The number of aliphatic hydroxyl groups is 1. The monoisotopic (exact) mass is 426 g/mol. The first-order valence-corrected chi connectivity index (χ1v) is 10.8. The van der Waals surface area contributed by atoms with Crippen molar-refractivity contribution in [2.75, 3.05) is 39.3 Å². The van der Waals surface area contributed by atoms with Crippen molar-refractivity contribution >= 4 is 27.8 Å². The summed E-state index contributed by atoms with van der Waals surface area (Å²) in [6, 6.07) is 3.77. The van der Waals surface area contributed by atoms with Gasteiger partial charge in [-0.1, -0.05) is 20.8 Å². The molecule has 0 bridgehead atoms. The van der Waals surface area contributed by atoms with Crippen molar-refractivity contribution < 1.29 is 18.7 Å². The van der Waals surface area contributed by atoms with Crippen molar-refractivity contribution in [3.8, 4) is 0 Å². The van der Waals surface area contributed by atoms with Crippen LogP contribution in [0, 0.1) is 6.92 Å². The molecule has 7 nitrogen and oxygen atoms in total. The summed E-state index contributed by atoms with van der Waals surface area (Å²) in [6.07, 6.45) is 1.79. The van der Waals surface area contributed by atoms with E-state index < -0.39 is 5.63 Å². The zero-order valence-electron chi connectivity index (χ0n) is 18.7. The van der Waals surface area contributed by atoms with Crippen LogP contribution in [0.25, 0.3) is 21.9 Å². The quantitative estimate of drug-likeness (QED) is 0.646. The number of carbonyl (C=O) groups excluding carboxylic acids is 1. The minimum Gasteiger partial charge on any atom is -0.464 e. The Bertz CT molecular complexity index is 1180. The van der Waals surface area contributed by atoms with Gasteiger partial charge in [-0.3, -0.25) is 9.69 Å². The van der Waals surface area contributed by atoms with Gasteiger partial charge in [0, 0.05) is 55.1 Å². The number of rotatable bonds is 4. The average Bonchev–Trinajstić information content (AvgIpc) is 3.14. The first kappa shape index (κ1) is 21.6. The first-order valence-electron chi connectivity index (χ1n) is 10.8. The van der Waals surface area contributed by atoms with Crippen LogP contribution in [-0.2, 0) is 16.6 Å². The SMILES string of the molecule is Cc1c(CC(=O)N2CCN(CCO)CC2)c(=O)oc2cc3occ(C(C)(C)C)c3cc12. The van der Waals surface area contributed by atoms with Gasteiger partial charge in [-0.15, -0.1) is 0 Å². The molecule has 1 aromatic carbocycles. The molecule has 3 aromatic rings. The van der Waals surface area contributed by atoms with E-state index in [4.69, 9.17) is 13.9 Å². The third kappa shape index (κ3) is 4.12. The number of benzene rings is 1. The highest BCUT2D eigenvalue weighted by Gasteiger charge is 2.25. The van der Waals surface area contributed by atoms with Crippen molar-refractivity contribution in [1.82, 2.24) is 9.80 Å². The Morgan fingerprint density at radius 2 is 1.81 bits per heavy atom. The highest BCUT2D eigenvalue weighted by molar-refractivity contribution is 5.97. The standard InChI is InChI=1S/C24H30N2O5/c1-15-16-11-18-19(24(2,3)4)14-30-20(18)13-21(16)31-23(29)17(15)12-22(28)26-7-5-25(6-8-26)9-10-27/h11,13-14,27H,5-10,12H2,1-4H3. The number of hydrogen-bond acceptors (Lipinski definition) is 6. The number of β-amino-alcohol motifs (C(OH)–C–C–N with tert-alkyl or cyclic N) is 1. The highest BCUT2D eigenvalue weighted by atomic mass is 16.4. The maximum absolute atomic E-state index is 12.9. The van der Waals surface area contributed by atoms with Crippen molar-refractivity contribution in [3.05, 3.63) is 45.5 Å². The number of nitrogens with zero attached hydrogens (tertiary/aromatic N) is 2. The molecule has 0 radical (unpaired) electrons. The first-order chi connectivity index (χ1) is 14.7. The van der Waals surface area contributed by atoms with E-state index in [1.807, 2.05) is 13.0 Å². The zero-order valence-corrected chi connectivity index (χ0v) is 18.7. The maximum Gasteiger partial charge on any atom is 0.340 e. The molecule has 4 rings (SSSR count). The maximum atomic E-state index is 12.9. The predicted octanol–water partition coefficient (Wildman–Crippen LogP) is 2.82. The van der Waals surface area contributed by atoms with E-state index in [9.17, 15) is 9.59 Å². The number of hydrogen-bond donors (Lipinski definition) is 1. The fourth-order valence-electron chi connectivity index (χ4n) is 4.32. The average molecular weight is 427 g/mol. The van der Waals surface area contributed by atoms with Crippen molar-refractivity contribution in [2.24, 2.45) is 0 Å². The Morgan fingerprint density at radius 3 is 2.45 bits per heavy atom. The minimum absolute atomic E-state index is 0.0274. The number of carbonyl (C=O) groups is 1. The number of fused-ring (bicyclic) bond motifs is 2. The van der Waals surface area contributed by atoms with Crippen LogP contribution >= 0.6 is 0 Å². The molecule has 31 heavy (non-hydrogen) atoms. The van der Waals surface area contributed by atoms with Gasteiger partial charge in [0.05, 0.1) is 24.9 Å². The molecule has 3 heterocycles. The Balaban J connectivity index is 1.66. The summed E-state index contributed by atoms with van der Waals surface area (Å²) in [5, 5.41) is 10.9. The lowest BCUT2D eigenvalue weighted by atomic mass is 9.86. The van der Waals surface area contributed by atoms with Gasteiger partial charge >= 0.3 is 5.63 Å². The van der Waals surface area contributed by atoms with E-state index in [1.54, 1.807) is 17.2 Å². The topological polar surface area (TPSA) is 87.1 Å². The van der Waals surface area contributed by atoms with Gasteiger partial charge < -0.3 is 18.8 Å². The molecule has 1 aliphatic rings. The molecule has 7 heteroatoms. The second kappa shape index (κ2) is 8.13. The molecule has 1 saturated heterocycles. The van der Waals surface area contributed by atoms with Crippen LogP contribution in [0.2, 0.25) is 0 Å². The van der Waals surface area contributed by atoms with E-state index in [0.29, 0.717) is 36.4 Å². The number of aliphatic hydroxyl groups excluding tert-OH is 1. The molecule has 0 spiro atoms. The Labute approximate surface area is 181 Å². The molecule has 0 unspecified atom stereocenters. The molecule has 166 valence electrons. The Morgan fingerprint density at radius 1 is 1.10 bits per heavy atom. The van der Waals surface area contributed by atoms with Crippen LogP contribution in [-0.4, -0.2) is 60.1 Å². The van der Waals surface area contributed by atoms with Crippen LogP contribution in [0.4, 0.5) is 0 Å². The minimum atomic E-state index is -0.473. The molecular weight excluding hydrogens is 396 g/mol. The van der Waals surface area contributed by atoms with E-state index in [-0.39, 0.29) is 24.3 Å². The molecule has 2 aromatic heterocycles. The Kier molecular flexibility index (Phi) is 5.66. The fraction of sp³-hybridized carbons (Fsp3) is 0.500. The lowest BCUT2D eigenvalue weighted by molar-refractivity contribution is -0.132. The third-order valence-electron chi connectivity index (χ3n) is 6.26. The highest BCUT2D eigenvalue weighted by Crippen LogP contribution is 2.35. The van der Waals surface area contributed by atoms with Gasteiger partial charge in [-0.25, -0.2) is 4.79 Å². The third-order valence-corrected chi connectivity index (χ3v) is 6.26. The van der Waals surface area contributed by atoms with Crippen LogP contribution in [0.5, 0.6) is 0 Å². The summed E-state index contributed by atoms with van der Waals surface area (Å²) in [5.41, 5.74) is 2.88. The second-order valence-corrected chi connectivity index (χ2v) is 9.36. The van der Waals surface area contributed by atoms with Crippen molar-refractivity contribution in [2.45, 2.75) is 39.5 Å². The molecular formula is C24H30N2O5. The molecule has 0 aliphatic carbocycles. The summed E-state index contributed by atoms with van der Waals surface area (Å²) in [5.74, 6) is -0.0711. The van der Waals surface area contributed by atoms with E-state index in [2.05, 4.69) is 25.7 Å². The Hall–Kier alpha value is -2.64. The van der Waals surface area contributed by atoms with Crippen LogP contribution < -0.4 is 5.63 Å². The van der Waals surface area contributed by atoms with Gasteiger partial charge in [-0.2, -0.15) is 0 Å². The number of amides is 1. The smallest absolute Gasteiger partial charge is 0.340 e. The van der Waals surface area contributed by atoms with Gasteiger partial charge in [-0.05, 0) is 24.0 Å². The number of aryl methyl sites for hydroxylation is 1. The summed E-state index contributed by atoms with van der Waals surface area (Å²) in [4.78, 5) is 29.5. The second-order valence-electron chi connectivity index (χ2n) is 9.36. The largest absolute Gasteiger partial charge is 0.464 e. The van der Waals surface area contributed by atoms with Gasteiger partial charge in [0.15, 0.2) is 0 Å². The molecule has 0 saturated carbocycles. The van der Waals surface area contributed by atoms with Gasteiger partial charge in [0.1, 0.15) is 11.2 Å². The number of piperazine rings is 1. The van der Waals surface area contributed by atoms with Crippen molar-refractivity contribution in [1.29, 1.82) is 0 Å². The molecule has 1 amide bonds. The van der Waals surface area contributed by atoms with E-state index in [0.717, 1.165) is 35.0 Å². The summed E-state index contributed by atoms with van der Waals surface area (Å²) >= 11 is 0. The lowest BCUT2D eigenvalue weighted by Gasteiger charge is -2.34. The van der Waals surface area contributed by atoms with E-state index >= 15 is 0 Å².